The zero-order valence-electron chi connectivity index (χ0n) is 18.9. The number of nitrogens with one attached hydrogen (secondary N) is 2. The maximum absolute atomic E-state index is 6.00. The van der Waals surface area contributed by atoms with Crippen LogP contribution in [0, 0.1) is 0 Å². The lowest BCUT2D eigenvalue weighted by molar-refractivity contribution is -0.0390. The predicted molar refractivity (Wildman–Crippen MR) is 123 cm³/mol. The first-order valence-corrected chi connectivity index (χ1v) is 11.7. The van der Waals surface area contributed by atoms with Gasteiger partial charge in [-0.1, -0.05) is 30.7 Å². The third kappa shape index (κ3) is 7.89. The van der Waals surface area contributed by atoms with Crippen molar-refractivity contribution >= 4 is 5.96 Å². The van der Waals surface area contributed by atoms with E-state index in [4.69, 9.17) is 9.47 Å². The van der Waals surface area contributed by atoms with Crippen molar-refractivity contribution < 1.29 is 9.47 Å². The molecule has 1 unspecified atom stereocenters. The third-order valence-electron chi connectivity index (χ3n) is 6.22. The number of benzene rings is 1. The van der Waals surface area contributed by atoms with E-state index < -0.39 is 0 Å². The molecule has 1 aromatic rings. The molecular formula is C24H40N4O2. The van der Waals surface area contributed by atoms with Gasteiger partial charge in [-0.05, 0) is 56.7 Å². The third-order valence-corrected chi connectivity index (χ3v) is 6.22. The van der Waals surface area contributed by atoms with Crippen LogP contribution >= 0.6 is 0 Å². The number of ether oxygens (including phenoxy) is 2. The largest absolute Gasteiger partial charge is 0.381 e. The van der Waals surface area contributed by atoms with Gasteiger partial charge in [0.1, 0.15) is 0 Å². The Bertz CT molecular complexity index is 629. The summed E-state index contributed by atoms with van der Waals surface area (Å²) in [5, 5.41) is 6.86. The Morgan fingerprint density at radius 3 is 2.60 bits per heavy atom. The molecule has 2 aliphatic heterocycles. The normalized spacial score (nSPS) is 21.5. The van der Waals surface area contributed by atoms with Crippen molar-refractivity contribution in [2.24, 2.45) is 4.99 Å². The van der Waals surface area contributed by atoms with Crippen molar-refractivity contribution in [3.8, 4) is 0 Å². The van der Waals surface area contributed by atoms with Crippen LogP contribution in [0.15, 0.2) is 29.3 Å². The number of guanidine groups is 1. The molecule has 2 saturated heterocycles. The van der Waals surface area contributed by atoms with Crippen LogP contribution in [0.25, 0.3) is 0 Å². The molecule has 0 radical (unpaired) electrons. The topological polar surface area (TPSA) is 58.1 Å². The van der Waals surface area contributed by atoms with Crippen LogP contribution in [0.2, 0.25) is 0 Å². The Morgan fingerprint density at radius 1 is 1.10 bits per heavy atom. The van der Waals surface area contributed by atoms with Crippen LogP contribution in [0.4, 0.5) is 0 Å². The summed E-state index contributed by atoms with van der Waals surface area (Å²) in [6.07, 6.45) is 7.57. The maximum atomic E-state index is 6.00. The molecule has 6 heteroatoms. The average Bonchev–Trinajstić information content (AvgIpc) is 2.80. The summed E-state index contributed by atoms with van der Waals surface area (Å²) in [6.45, 7) is 8.82. The lowest BCUT2D eigenvalue weighted by Gasteiger charge is -2.33. The van der Waals surface area contributed by atoms with Crippen LogP contribution in [0.1, 0.15) is 56.6 Å². The van der Waals surface area contributed by atoms with E-state index in [1.807, 2.05) is 7.05 Å². The van der Waals surface area contributed by atoms with E-state index in [2.05, 4.69) is 51.7 Å². The standard InChI is InChI=1S/C24H40N4O2/c1-20-6-3-4-14-28(20)15-5-13-26-24(25-2)27-18-21-7-9-22(10-8-21)19-30-23-11-16-29-17-12-23/h7-10,20,23H,3-6,11-19H2,1-2H3,(H2,25,26,27). The van der Waals surface area contributed by atoms with Crippen molar-refractivity contribution in [1.82, 2.24) is 15.5 Å². The summed E-state index contributed by atoms with van der Waals surface area (Å²) < 4.78 is 11.4. The Balaban J connectivity index is 1.31. The molecule has 2 fully saturated rings. The number of nitrogens with zero attached hydrogens (tertiary/aromatic N) is 2. The molecule has 3 rings (SSSR count). The quantitative estimate of drug-likeness (QED) is 0.367. The number of hydrogen-bond acceptors (Lipinski definition) is 4. The smallest absolute Gasteiger partial charge is 0.191 e. The van der Waals surface area contributed by atoms with Gasteiger partial charge in [0.2, 0.25) is 0 Å². The van der Waals surface area contributed by atoms with Crippen LogP contribution in [0.3, 0.4) is 0 Å². The zero-order valence-corrected chi connectivity index (χ0v) is 18.9. The fourth-order valence-electron chi connectivity index (χ4n) is 4.20. The minimum absolute atomic E-state index is 0.340. The van der Waals surface area contributed by atoms with Gasteiger partial charge in [0.25, 0.3) is 0 Å². The summed E-state index contributed by atoms with van der Waals surface area (Å²) in [5.41, 5.74) is 2.47. The highest BCUT2D eigenvalue weighted by atomic mass is 16.5. The van der Waals surface area contributed by atoms with E-state index in [9.17, 15) is 0 Å². The van der Waals surface area contributed by atoms with Crippen molar-refractivity contribution in [3.63, 3.8) is 0 Å². The van der Waals surface area contributed by atoms with E-state index in [1.165, 1.54) is 43.5 Å². The van der Waals surface area contributed by atoms with Crippen LogP contribution in [-0.4, -0.2) is 62.9 Å². The van der Waals surface area contributed by atoms with Gasteiger partial charge in [0.15, 0.2) is 5.96 Å². The Kier molecular flexibility index (Phi) is 9.93. The summed E-state index contributed by atoms with van der Waals surface area (Å²) in [4.78, 5) is 6.97. The summed E-state index contributed by atoms with van der Waals surface area (Å²) >= 11 is 0. The molecule has 30 heavy (non-hydrogen) atoms. The Labute approximate surface area is 182 Å². The molecule has 0 aromatic heterocycles. The number of likely N-dealkylation sites (tertiary alicyclic amines) is 1. The molecule has 6 nitrogen and oxygen atoms in total. The van der Waals surface area contributed by atoms with Gasteiger partial charge in [0.05, 0.1) is 12.7 Å². The molecule has 0 spiro atoms. The highest BCUT2D eigenvalue weighted by molar-refractivity contribution is 5.79. The summed E-state index contributed by atoms with van der Waals surface area (Å²) in [7, 11) is 1.83. The number of rotatable bonds is 9. The first kappa shape index (κ1) is 23.0. The first-order valence-electron chi connectivity index (χ1n) is 11.7. The van der Waals surface area contributed by atoms with Gasteiger partial charge in [-0.15, -0.1) is 0 Å². The minimum atomic E-state index is 0.340. The fourth-order valence-corrected chi connectivity index (χ4v) is 4.20. The highest BCUT2D eigenvalue weighted by Crippen LogP contribution is 2.16. The number of piperidine rings is 1. The number of hydrogen-bond donors (Lipinski definition) is 2. The molecule has 0 amide bonds. The second-order valence-electron chi connectivity index (χ2n) is 8.53. The average molecular weight is 417 g/mol. The van der Waals surface area contributed by atoms with Crippen molar-refractivity contribution in [3.05, 3.63) is 35.4 Å². The van der Waals surface area contributed by atoms with Crippen molar-refractivity contribution in [1.29, 1.82) is 0 Å². The Hall–Kier alpha value is -1.63. The molecule has 1 atom stereocenters. The lowest BCUT2D eigenvalue weighted by atomic mass is 10.0. The van der Waals surface area contributed by atoms with Gasteiger partial charge in [-0.2, -0.15) is 0 Å². The van der Waals surface area contributed by atoms with Crippen molar-refractivity contribution in [2.75, 3.05) is 39.9 Å². The van der Waals surface area contributed by atoms with Gasteiger partial charge in [-0.3, -0.25) is 4.99 Å². The molecule has 2 heterocycles. The van der Waals surface area contributed by atoms with Crippen LogP contribution < -0.4 is 10.6 Å². The van der Waals surface area contributed by atoms with E-state index in [0.717, 1.165) is 57.6 Å². The molecular weight excluding hydrogens is 376 g/mol. The van der Waals surface area contributed by atoms with Crippen LogP contribution in [-0.2, 0) is 22.6 Å². The van der Waals surface area contributed by atoms with Gasteiger partial charge in [0, 0.05) is 45.9 Å². The minimum Gasteiger partial charge on any atom is -0.381 e. The zero-order chi connectivity index (χ0) is 21.0. The van der Waals surface area contributed by atoms with E-state index in [1.54, 1.807) is 0 Å². The summed E-state index contributed by atoms with van der Waals surface area (Å²) in [5.74, 6) is 0.869. The summed E-state index contributed by atoms with van der Waals surface area (Å²) in [6, 6.07) is 9.39. The highest BCUT2D eigenvalue weighted by Gasteiger charge is 2.17. The maximum Gasteiger partial charge on any atom is 0.191 e. The monoisotopic (exact) mass is 416 g/mol. The van der Waals surface area contributed by atoms with Gasteiger partial charge >= 0.3 is 0 Å². The van der Waals surface area contributed by atoms with Crippen LogP contribution in [0.5, 0.6) is 0 Å². The molecule has 2 N–H and O–H groups in total. The van der Waals surface area contributed by atoms with Crippen molar-refractivity contribution in [2.45, 2.75) is 70.7 Å². The molecule has 168 valence electrons. The van der Waals surface area contributed by atoms with E-state index in [0.29, 0.717) is 12.7 Å². The second-order valence-corrected chi connectivity index (χ2v) is 8.53. The number of aliphatic imine (C=N–C) groups is 1. The lowest BCUT2D eigenvalue weighted by Crippen LogP contribution is -2.41. The molecule has 2 aliphatic rings. The van der Waals surface area contributed by atoms with Gasteiger partial charge in [-0.25, -0.2) is 0 Å². The first-order chi connectivity index (χ1) is 14.7. The SMILES string of the molecule is CN=C(NCCCN1CCCCC1C)NCc1ccc(COC2CCOCC2)cc1. The predicted octanol–water partition coefficient (Wildman–Crippen LogP) is 3.31. The fraction of sp³-hybridized carbons (Fsp3) is 0.708. The molecule has 0 aliphatic carbocycles. The van der Waals surface area contributed by atoms with E-state index >= 15 is 0 Å². The Morgan fingerprint density at radius 2 is 1.87 bits per heavy atom. The van der Waals surface area contributed by atoms with Gasteiger partial charge < -0.3 is 25.0 Å². The molecule has 0 saturated carbocycles. The molecule has 0 bridgehead atoms. The van der Waals surface area contributed by atoms with E-state index in [-0.39, 0.29) is 0 Å². The second kappa shape index (κ2) is 12.9. The molecule has 1 aromatic carbocycles.